The SMILES string of the molecule is COCCCNC(=O)C(=O)N/N=C\c1cccc(OCC(=O)Nc2ccccc2C(F)(F)F)c1. The summed E-state index contributed by atoms with van der Waals surface area (Å²) in [7, 11) is 1.52. The molecule has 182 valence electrons. The van der Waals surface area contributed by atoms with E-state index in [2.05, 4.69) is 21.2 Å². The van der Waals surface area contributed by atoms with E-state index < -0.39 is 36.1 Å². The molecule has 3 N–H and O–H groups in total. The Morgan fingerprint density at radius 2 is 1.82 bits per heavy atom. The fraction of sp³-hybridized carbons (Fsp3) is 0.273. The minimum absolute atomic E-state index is 0.241. The van der Waals surface area contributed by atoms with E-state index in [1.807, 2.05) is 0 Å². The van der Waals surface area contributed by atoms with Crippen molar-refractivity contribution in [1.82, 2.24) is 10.7 Å². The Labute approximate surface area is 193 Å². The van der Waals surface area contributed by atoms with E-state index in [1.165, 1.54) is 37.6 Å². The van der Waals surface area contributed by atoms with Gasteiger partial charge in [-0.2, -0.15) is 18.3 Å². The van der Waals surface area contributed by atoms with Crippen LogP contribution >= 0.6 is 0 Å². The largest absolute Gasteiger partial charge is 0.484 e. The second-order valence-electron chi connectivity index (χ2n) is 6.75. The molecule has 0 saturated heterocycles. The van der Waals surface area contributed by atoms with Gasteiger partial charge >= 0.3 is 18.0 Å². The van der Waals surface area contributed by atoms with Crippen molar-refractivity contribution < 1.29 is 37.0 Å². The van der Waals surface area contributed by atoms with Gasteiger partial charge in [0.2, 0.25) is 0 Å². The highest BCUT2D eigenvalue weighted by Crippen LogP contribution is 2.34. The van der Waals surface area contributed by atoms with Gasteiger partial charge in [-0.15, -0.1) is 0 Å². The van der Waals surface area contributed by atoms with Gasteiger partial charge in [-0.05, 0) is 36.2 Å². The fourth-order valence-electron chi connectivity index (χ4n) is 2.57. The molecule has 2 aromatic rings. The highest BCUT2D eigenvalue weighted by Gasteiger charge is 2.33. The van der Waals surface area contributed by atoms with E-state index in [1.54, 1.807) is 12.1 Å². The van der Waals surface area contributed by atoms with Crippen molar-refractivity contribution in [1.29, 1.82) is 0 Å². The highest BCUT2D eigenvalue weighted by atomic mass is 19.4. The molecule has 2 rings (SSSR count). The van der Waals surface area contributed by atoms with E-state index in [4.69, 9.17) is 9.47 Å². The minimum Gasteiger partial charge on any atom is -0.484 e. The number of para-hydroxylation sites is 1. The quantitative estimate of drug-likeness (QED) is 0.209. The van der Waals surface area contributed by atoms with Crippen molar-refractivity contribution in [3.63, 3.8) is 0 Å². The number of halogens is 3. The van der Waals surface area contributed by atoms with Gasteiger partial charge in [-0.3, -0.25) is 14.4 Å². The molecule has 3 amide bonds. The molecule has 0 aliphatic carbocycles. The Kier molecular flexibility index (Phi) is 10.0. The van der Waals surface area contributed by atoms with Crippen LogP contribution in [-0.2, 0) is 25.3 Å². The van der Waals surface area contributed by atoms with E-state index >= 15 is 0 Å². The molecule has 2 aromatic carbocycles. The van der Waals surface area contributed by atoms with Crippen LogP contribution in [0, 0.1) is 0 Å². The molecule has 0 unspecified atom stereocenters. The number of carbonyl (C=O) groups excluding carboxylic acids is 3. The predicted molar refractivity (Wildman–Crippen MR) is 117 cm³/mol. The van der Waals surface area contributed by atoms with Gasteiger partial charge in [0.1, 0.15) is 5.75 Å². The lowest BCUT2D eigenvalue weighted by molar-refractivity contribution is -0.139. The number of nitrogens with zero attached hydrogens (tertiary/aromatic N) is 1. The van der Waals surface area contributed by atoms with Gasteiger partial charge in [0.15, 0.2) is 6.61 Å². The second kappa shape index (κ2) is 12.9. The lowest BCUT2D eigenvalue weighted by Crippen LogP contribution is -2.38. The van der Waals surface area contributed by atoms with Gasteiger partial charge in [0.25, 0.3) is 5.91 Å². The topological polar surface area (TPSA) is 118 Å². The van der Waals surface area contributed by atoms with Crippen LogP contribution in [0.15, 0.2) is 53.6 Å². The van der Waals surface area contributed by atoms with Crippen molar-refractivity contribution in [2.75, 3.05) is 32.2 Å². The van der Waals surface area contributed by atoms with Gasteiger partial charge in [0.05, 0.1) is 17.5 Å². The fourth-order valence-corrected chi connectivity index (χ4v) is 2.57. The molecule has 0 bridgehead atoms. The lowest BCUT2D eigenvalue weighted by Gasteiger charge is -2.13. The summed E-state index contributed by atoms with van der Waals surface area (Å²) < 4.78 is 49.2. The number of benzene rings is 2. The number of methoxy groups -OCH3 is 1. The molecule has 34 heavy (non-hydrogen) atoms. The minimum atomic E-state index is -4.61. The van der Waals surface area contributed by atoms with Crippen LogP contribution in [0.3, 0.4) is 0 Å². The molecule has 0 aliphatic rings. The first kappa shape index (κ1) is 26.3. The number of ether oxygens (including phenoxy) is 2. The number of hydrazone groups is 1. The standard InChI is InChI=1S/C22H23F3N4O5/c1-33-11-5-10-26-20(31)21(32)29-27-13-15-6-4-7-16(12-15)34-14-19(30)28-18-9-3-2-8-17(18)22(23,24)25/h2-4,6-9,12-13H,5,10-11,14H2,1H3,(H,26,31)(H,28,30)(H,29,32)/b27-13-. The zero-order valence-corrected chi connectivity index (χ0v) is 18.1. The predicted octanol–water partition coefficient (Wildman–Crippen LogP) is 2.33. The van der Waals surface area contributed by atoms with E-state index in [-0.39, 0.29) is 18.0 Å². The van der Waals surface area contributed by atoms with Crippen LogP contribution in [0.2, 0.25) is 0 Å². The highest BCUT2D eigenvalue weighted by molar-refractivity contribution is 6.35. The maximum atomic E-state index is 13.0. The third-order valence-electron chi connectivity index (χ3n) is 4.13. The molecule has 0 spiro atoms. The smallest absolute Gasteiger partial charge is 0.418 e. The summed E-state index contributed by atoms with van der Waals surface area (Å²) in [4.78, 5) is 35.3. The van der Waals surface area contributed by atoms with Crippen LogP contribution in [-0.4, -0.2) is 50.8 Å². The maximum Gasteiger partial charge on any atom is 0.418 e. The van der Waals surface area contributed by atoms with Crippen molar-refractivity contribution in [2.24, 2.45) is 5.10 Å². The van der Waals surface area contributed by atoms with E-state index in [0.717, 1.165) is 12.1 Å². The Balaban J connectivity index is 1.85. The molecule has 0 aliphatic heterocycles. The number of carbonyl (C=O) groups is 3. The third-order valence-corrected chi connectivity index (χ3v) is 4.13. The van der Waals surface area contributed by atoms with Crippen molar-refractivity contribution in [2.45, 2.75) is 12.6 Å². The first-order chi connectivity index (χ1) is 16.2. The third kappa shape index (κ3) is 8.90. The average molecular weight is 480 g/mol. The summed E-state index contributed by atoms with van der Waals surface area (Å²) in [6.07, 6.45) is -2.81. The Hall–Kier alpha value is -3.93. The molecule has 0 heterocycles. The molecule has 9 nitrogen and oxygen atoms in total. The number of amides is 3. The van der Waals surface area contributed by atoms with Gasteiger partial charge < -0.3 is 20.1 Å². The number of hydrogen-bond acceptors (Lipinski definition) is 6. The molecule has 0 aromatic heterocycles. The maximum absolute atomic E-state index is 13.0. The van der Waals surface area contributed by atoms with Crippen LogP contribution < -0.4 is 20.8 Å². The Morgan fingerprint density at radius 1 is 1.06 bits per heavy atom. The van der Waals surface area contributed by atoms with E-state index in [0.29, 0.717) is 18.6 Å². The number of anilines is 1. The summed E-state index contributed by atoms with van der Waals surface area (Å²) >= 11 is 0. The monoisotopic (exact) mass is 480 g/mol. The average Bonchev–Trinajstić information content (AvgIpc) is 2.80. The zero-order valence-electron chi connectivity index (χ0n) is 18.1. The number of alkyl halides is 3. The molecule has 0 atom stereocenters. The number of rotatable bonds is 10. The zero-order chi connectivity index (χ0) is 25.0. The first-order valence-electron chi connectivity index (χ1n) is 10.00. The Morgan fingerprint density at radius 3 is 2.56 bits per heavy atom. The number of hydrogen-bond donors (Lipinski definition) is 3. The molecule has 0 saturated carbocycles. The summed E-state index contributed by atoms with van der Waals surface area (Å²) in [5, 5.41) is 8.26. The van der Waals surface area contributed by atoms with E-state index in [9.17, 15) is 27.6 Å². The van der Waals surface area contributed by atoms with Crippen molar-refractivity contribution >= 4 is 29.6 Å². The van der Waals surface area contributed by atoms with Crippen LogP contribution in [0.4, 0.5) is 18.9 Å². The van der Waals surface area contributed by atoms with Gasteiger partial charge in [0, 0.05) is 20.3 Å². The molecule has 0 fully saturated rings. The first-order valence-corrected chi connectivity index (χ1v) is 10.00. The summed E-state index contributed by atoms with van der Waals surface area (Å²) in [5.41, 5.74) is 1.21. The van der Waals surface area contributed by atoms with Crippen molar-refractivity contribution in [3.8, 4) is 5.75 Å². The van der Waals surface area contributed by atoms with Gasteiger partial charge in [-0.1, -0.05) is 24.3 Å². The summed E-state index contributed by atoms with van der Waals surface area (Å²) in [5.74, 6) is -2.33. The lowest BCUT2D eigenvalue weighted by atomic mass is 10.1. The normalized spacial score (nSPS) is 11.2. The van der Waals surface area contributed by atoms with Gasteiger partial charge in [-0.25, -0.2) is 5.43 Å². The Bertz CT molecular complexity index is 1030. The van der Waals surface area contributed by atoms with Crippen LogP contribution in [0.5, 0.6) is 5.75 Å². The summed E-state index contributed by atoms with van der Waals surface area (Å²) in [6, 6.07) is 10.8. The van der Waals surface area contributed by atoms with Crippen LogP contribution in [0.25, 0.3) is 0 Å². The van der Waals surface area contributed by atoms with Crippen LogP contribution in [0.1, 0.15) is 17.5 Å². The number of nitrogens with one attached hydrogen (secondary N) is 3. The molecular weight excluding hydrogens is 457 g/mol. The molecule has 0 radical (unpaired) electrons. The second-order valence-corrected chi connectivity index (χ2v) is 6.75. The summed E-state index contributed by atoms with van der Waals surface area (Å²) in [6.45, 7) is 0.187. The van der Waals surface area contributed by atoms with Crippen molar-refractivity contribution in [3.05, 3.63) is 59.7 Å². The molecular formula is C22H23F3N4O5. The molecule has 12 heteroatoms.